The largest absolute Gasteiger partial charge is 0.472 e. The van der Waals surface area contributed by atoms with Crippen molar-refractivity contribution >= 4 is 34.9 Å². The number of hydrogen-bond acceptors (Lipinski definition) is 4. The zero-order valence-corrected chi connectivity index (χ0v) is 16.8. The first kappa shape index (κ1) is 20.2. The van der Waals surface area contributed by atoms with E-state index in [-0.39, 0.29) is 30.8 Å². The van der Waals surface area contributed by atoms with Crippen LogP contribution in [0.5, 0.6) is 0 Å². The van der Waals surface area contributed by atoms with Gasteiger partial charge in [0, 0.05) is 36.6 Å². The molecule has 8 nitrogen and oxygen atoms in total. The Bertz CT molecular complexity index is 1080. The van der Waals surface area contributed by atoms with Crippen molar-refractivity contribution < 1.29 is 18.8 Å². The van der Waals surface area contributed by atoms with E-state index in [1.165, 1.54) is 12.5 Å². The topological polar surface area (TPSA) is 104 Å². The molecule has 3 aromatic rings. The number of rotatable bonds is 6. The van der Waals surface area contributed by atoms with E-state index in [9.17, 15) is 14.4 Å². The van der Waals surface area contributed by atoms with E-state index in [1.54, 1.807) is 29.2 Å². The van der Waals surface area contributed by atoms with Crippen LogP contribution in [0.25, 0.3) is 0 Å². The molecular weight excluding hydrogens is 396 g/mol. The Morgan fingerprint density at radius 3 is 2.58 bits per heavy atom. The number of para-hydroxylation sites is 1. The highest BCUT2D eigenvalue weighted by molar-refractivity contribution is 6.07. The SMILES string of the molecule is O=C(CCNC(=O)Nc1ccccc1)Nc1ccc2c(c1)CCN2C(=O)c1ccoc1. The summed E-state index contributed by atoms with van der Waals surface area (Å²) in [7, 11) is 0. The zero-order chi connectivity index (χ0) is 21.6. The summed E-state index contributed by atoms with van der Waals surface area (Å²) in [6.07, 6.45) is 3.76. The lowest BCUT2D eigenvalue weighted by Crippen LogP contribution is -2.31. The second-order valence-corrected chi connectivity index (χ2v) is 7.11. The second-order valence-electron chi connectivity index (χ2n) is 7.11. The van der Waals surface area contributed by atoms with Crippen LogP contribution in [0.15, 0.2) is 71.5 Å². The molecule has 0 atom stereocenters. The fraction of sp³-hybridized carbons (Fsp3) is 0.174. The molecular formula is C23H22N4O4. The predicted octanol–water partition coefficient (Wildman–Crippen LogP) is 3.63. The molecule has 0 radical (unpaired) electrons. The molecule has 3 N–H and O–H groups in total. The Hall–Kier alpha value is -4.07. The predicted molar refractivity (Wildman–Crippen MR) is 117 cm³/mol. The molecule has 1 aromatic heterocycles. The second kappa shape index (κ2) is 9.17. The van der Waals surface area contributed by atoms with Gasteiger partial charge in [-0.3, -0.25) is 9.59 Å². The third-order valence-electron chi connectivity index (χ3n) is 4.94. The number of furan rings is 1. The summed E-state index contributed by atoms with van der Waals surface area (Å²) in [4.78, 5) is 38.4. The highest BCUT2D eigenvalue weighted by atomic mass is 16.3. The van der Waals surface area contributed by atoms with Crippen molar-refractivity contribution in [1.29, 1.82) is 0 Å². The summed E-state index contributed by atoms with van der Waals surface area (Å²) in [5.74, 6) is -0.312. The normalized spacial score (nSPS) is 12.2. The molecule has 158 valence electrons. The lowest BCUT2D eigenvalue weighted by Gasteiger charge is -2.16. The van der Waals surface area contributed by atoms with Crippen LogP contribution in [0.2, 0.25) is 0 Å². The standard InChI is InChI=1S/C23H22N4O4/c28-21(8-11-24-23(30)26-18-4-2-1-3-5-18)25-19-6-7-20-16(14-19)9-12-27(20)22(29)17-10-13-31-15-17/h1-7,10,13-15H,8-9,11-12H2,(H,25,28)(H2,24,26,30). The number of nitrogens with one attached hydrogen (secondary N) is 3. The minimum Gasteiger partial charge on any atom is -0.472 e. The number of fused-ring (bicyclic) bond motifs is 1. The first-order valence-corrected chi connectivity index (χ1v) is 9.97. The van der Waals surface area contributed by atoms with E-state index in [4.69, 9.17) is 4.42 Å². The van der Waals surface area contributed by atoms with Gasteiger partial charge in [0.05, 0.1) is 11.8 Å². The van der Waals surface area contributed by atoms with Gasteiger partial charge in [0.25, 0.3) is 5.91 Å². The van der Waals surface area contributed by atoms with E-state index in [1.807, 2.05) is 30.3 Å². The number of urea groups is 1. The van der Waals surface area contributed by atoms with Gasteiger partial charge in [0.15, 0.2) is 0 Å². The Balaban J connectivity index is 1.27. The summed E-state index contributed by atoms with van der Waals surface area (Å²) in [5, 5.41) is 8.19. The number of carbonyl (C=O) groups is 3. The number of carbonyl (C=O) groups excluding carboxylic acids is 3. The molecule has 4 rings (SSSR count). The maximum absolute atomic E-state index is 12.6. The van der Waals surface area contributed by atoms with Crippen LogP contribution in [-0.4, -0.2) is 30.9 Å². The summed E-state index contributed by atoms with van der Waals surface area (Å²) >= 11 is 0. The van der Waals surface area contributed by atoms with Crippen molar-refractivity contribution in [2.75, 3.05) is 28.6 Å². The van der Waals surface area contributed by atoms with E-state index in [2.05, 4.69) is 16.0 Å². The van der Waals surface area contributed by atoms with Gasteiger partial charge in [-0.2, -0.15) is 0 Å². The molecule has 2 aromatic carbocycles. The highest BCUT2D eigenvalue weighted by Crippen LogP contribution is 2.31. The molecule has 0 unspecified atom stereocenters. The van der Waals surface area contributed by atoms with Gasteiger partial charge < -0.3 is 25.3 Å². The first-order valence-electron chi connectivity index (χ1n) is 9.97. The average Bonchev–Trinajstić information content (AvgIpc) is 3.44. The monoisotopic (exact) mass is 418 g/mol. The fourth-order valence-electron chi connectivity index (χ4n) is 3.44. The molecule has 1 aliphatic rings. The van der Waals surface area contributed by atoms with Crippen molar-refractivity contribution in [2.45, 2.75) is 12.8 Å². The van der Waals surface area contributed by atoms with Gasteiger partial charge in [-0.05, 0) is 48.4 Å². The number of hydrogen-bond donors (Lipinski definition) is 3. The first-order chi connectivity index (χ1) is 15.1. The highest BCUT2D eigenvalue weighted by Gasteiger charge is 2.26. The lowest BCUT2D eigenvalue weighted by molar-refractivity contribution is -0.116. The van der Waals surface area contributed by atoms with Gasteiger partial charge in [0.2, 0.25) is 5.91 Å². The van der Waals surface area contributed by atoms with Gasteiger partial charge in [-0.15, -0.1) is 0 Å². The Kier molecular flexibility index (Phi) is 5.98. The van der Waals surface area contributed by atoms with E-state index < -0.39 is 0 Å². The molecule has 0 saturated carbocycles. The van der Waals surface area contributed by atoms with Crippen molar-refractivity contribution in [3.8, 4) is 0 Å². The zero-order valence-electron chi connectivity index (χ0n) is 16.8. The lowest BCUT2D eigenvalue weighted by atomic mass is 10.1. The molecule has 2 heterocycles. The maximum atomic E-state index is 12.6. The van der Waals surface area contributed by atoms with Crippen molar-refractivity contribution in [3.63, 3.8) is 0 Å². The molecule has 1 aliphatic heterocycles. The molecule has 8 heteroatoms. The fourth-order valence-corrected chi connectivity index (χ4v) is 3.44. The van der Waals surface area contributed by atoms with Crippen LogP contribution in [0.1, 0.15) is 22.3 Å². The molecule has 0 saturated heterocycles. The number of benzene rings is 2. The quantitative estimate of drug-likeness (QED) is 0.569. The van der Waals surface area contributed by atoms with Gasteiger partial charge >= 0.3 is 6.03 Å². The average molecular weight is 418 g/mol. The number of nitrogens with zero attached hydrogens (tertiary/aromatic N) is 1. The van der Waals surface area contributed by atoms with Crippen LogP contribution >= 0.6 is 0 Å². The Morgan fingerprint density at radius 2 is 1.81 bits per heavy atom. The number of anilines is 3. The summed E-state index contributed by atoms with van der Waals surface area (Å²) < 4.78 is 5.00. The van der Waals surface area contributed by atoms with Gasteiger partial charge in [0.1, 0.15) is 6.26 Å². The molecule has 0 aliphatic carbocycles. The molecule has 0 spiro atoms. The Morgan fingerprint density at radius 1 is 0.968 bits per heavy atom. The minimum absolute atomic E-state index is 0.107. The summed E-state index contributed by atoms with van der Waals surface area (Å²) in [6, 6.07) is 15.8. The van der Waals surface area contributed by atoms with Crippen molar-refractivity contribution in [1.82, 2.24) is 5.32 Å². The van der Waals surface area contributed by atoms with Crippen LogP contribution < -0.4 is 20.9 Å². The summed E-state index contributed by atoms with van der Waals surface area (Å²) in [5.41, 5.74) is 3.69. The van der Waals surface area contributed by atoms with E-state index >= 15 is 0 Å². The molecule has 0 bridgehead atoms. The molecule has 31 heavy (non-hydrogen) atoms. The van der Waals surface area contributed by atoms with Crippen LogP contribution in [0.3, 0.4) is 0 Å². The van der Waals surface area contributed by atoms with E-state index in [0.717, 1.165) is 11.3 Å². The van der Waals surface area contributed by atoms with Crippen LogP contribution in [0, 0.1) is 0 Å². The maximum Gasteiger partial charge on any atom is 0.319 e. The van der Waals surface area contributed by atoms with Crippen molar-refractivity contribution in [2.24, 2.45) is 0 Å². The van der Waals surface area contributed by atoms with Crippen LogP contribution in [-0.2, 0) is 11.2 Å². The summed E-state index contributed by atoms with van der Waals surface area (Å²) in [6.45, 7) is 0.791. The molecule has 0 fully saturated rings. The third-order valence-corrected chi connectivity index (χ3v) is 4.94. The van der Waals surface area contributed by atoms with Gasteiger partial charge in [-0.1, -0.05) is 18.2 Å². The Labute approximate surface area is 179 Å². The van der Waals surface area contributed by atoms with Crippen molar-refractivity contribution in [3.05, 3.63) is 78.3 Å². The van der Waals surface area contributed by atoms with Crippen LogP contribution in [0.4, 0.5) is 21.9 Å². The molecule has 4 amide bonds. The van der Waals surface area contributed by atoms with E-state index in [0.29, 0.717) is 29.9 Å². The number of amides is 4. The van der Waals surface area contributed by atoms with Gasteiger partial charge in [-0.25, -0.2) is 4.79 Å². The minimum atomic E-state index is -0.362. The smallest absolute Gasteiger partial charge is 0.319 e. The third kappa shape index (κ3) is 4.92.